The number of hydrogen-bond acceptors (Lipinski definition) is 4. The summed E-state index contributed by atoms with van der Waals surface area (Å²) in [5.41, 5.74) is 0.823. The summed E-state index contributed by atoms with van der Waals surface area (Å²) in [4.78, 5) is 37.1. The Labute approximate surface area is 131 Å². The first-order valence-corrected chi connectivity index (χ1v) is 6.95. The molecule has 9 heteroatoms. The molecule has 0 saturated heterocycles. The molecule has 0 unspecified atom stereocenters. The number of likely N-dealkylation sites (N-methyl/N-ethyl adjacent to an activating group) is 1. The summed E-state index contributed by atoms with van der Waals surface area (Å²) in [6.45, 7) is 2.40. The van der Waals surface area contributed by atoms with Crippen LogP contribution in [0.2, 0.25) is 0 Å². The van der Waals surface area contributed by atoms with Gasteiger partial charge >= 0.3 is 6.09 Å². The Kier molecular flexibility index (Phi) is 4.79. The topological polar surface area (TPSA) is 129 Å². The minimum absolute atomic E-state index is 0.0523. The molecule has 0 aliphatic rings. The normalized spacial score (nSPS) is 10.5. The van der Waals surface area contributed by atoms with Crippen LogP contribution in [-0.4, -0.2) is 51.5 Å². The van der Waals surface area contributed by atoms with Crippen LogP contribution in [0.4, 0.5) is 10.5 Å². The molecule has 9 nitrogen and oxygen atoms in total. The highest BCUT2D eigenvalue weighted by Crippen LogP contribution is 2.21. The fourth-order valence-electron chi connectivity index (χ4n) is 2.14. The minimum Gasteiger partial charge on any atom is -0.465 e. The Hall–Kier alpha value is -3.10. The lowest BCUT2D eigenvalue weighted by Gasteiger charge is -2.16. The lowest BCUT2D eigenvalue weighted by Crippen LogP contribution is -2.37. The van der Waals surface area contributed by atoms with Crippen molar-refractivity contribution < 1.29 is 19.6 Å². The predicted molar refractivity (Wildman–Crippen MR) is 82.6 cm³/mol. The number of hydrogen-bond donors (Lipinski definition) is 3. The molecule has 0 spiro atoms. The largest absolute Gasteiger partial charge is 0.465 e. The van der Waals surface area contributed by atoms with Gasteiger partial charge in [-0.05, 0) is 19.1 Å². The molecule has 2 aromatic rings. The van der Waals surface area contributed by atoms with E-state index in [4.69, 9.17) is 5.11 Å². The summed E-state index contributed by atoms with van der Waals surface area (Å²) in [5.74, 6) is -0.398. The number of carbonyl (C=O) groups is 2. The van der Waals surface area contributed by atoms with Gasteiger partial charge in [-0.2, -0.15) is 0 Å². The van der Waals surface area contributed by atoms with Crippen molar-refractivity contribution in [3.05, 3.63) is 40.1 Å². The smallest absolute Gasteiger partial charge is 0.407 e. The fraction of sp³-hybridized carbons (Fsp3) is 0.286. The first kappa shape index (κ1) is 16.3. The van der Waals surface area contributed by atoms with E-state index >= 15 is 0 Å². The summed E-state index contributed by atoms with van der Waals surface area (Å²) >= 11 is 0. The highest BCUT2D eigenvalue weighted by Gasteiger charge is 2.13. The average molecular weight is 320 g/mol. The van der Waals surface area contributed by atoms with Crippen molar-refractivity contribution in [1.82, 2.24) is 15.2 Å². The maximum atomic E-state index is 12.0. The molecule has 3 N–H and O–H groups in total. The van der Waals surface area contributed by atoms with Gasteiger partial charge in [0.1, 0.15) is 5.69 Å². The van der Waals surface area contributed by atoms with Crippen molar-refractivity contribution in [3.8, 4) is 0 Å². The van der Waals surface area contributed by atoms with Gasteiger partial charge < -0.3 is 20.3 Å². The number of nitro benzene ring substituents is 1. The molecule has 1 aromatic heterocycles. The van der Waals surface area contributed by atoms with E-state index in [-0.39, 0.29) is 24.5 Å². The first-order chi connectivity index (χ1) is 10.9. The minimum atomic E-state index is -1.04. The van der Waals surface area contributed by atoms with Crippen molar-refractivity contribution in [3.63, 3.8) is 0 Å². The molecule has 2 amide bonds. The number of aromatic nitrogens is 1. The number of nitro groups is 1. The maximum Gasteiger partial charge on any atom is 0.407 e. The second-order valence-electron chi connectivity index (χ2n) is 4.83. The molecular weight excluding hydrogens is 304 g/mol. The van der Waals surface area contributed by atoms with Crippen LogP contribution >= 0.6 is 0 Å². The van der Waals surface area contributed by atoms with Gasteiger partial charge in [0.2, 0.25) is 0 Å². The maximum absolute atomic E-state index is 12.0. The standard InChI is InChI=1S/C14H16N4O5/c1-2-17(14(20)21)6-5-15-13(19)12-8-9-7-10(18(22)23)3-4-11(9)16-12/h3-4,7-8,16H,2,5-6H2,1H3,(H,15,19)(H,20,21). The molecule has 122 valence electrons. The second kappa shape index (κ2) is 6.77. The van der Waals surface area contributed by atoms with Gasteiger partial charge in [0.25, 0.3) is 11.6 Å². The van der Waals surface area contributed by atoms with E-state index in [1.54, 1.807) is 6.92 Å². The van der Waals surface area contributed by atoms with Crippen molar-refractivity contribution in [1.29, 1.82) is 0 Å². The van der Waals surface area contributed by atoms with Crippen molar-refractivity contribution >= 4 is 28.6 Å². The van der Waals surface area contributed by atoms with Crippen molar-refractivity contribution in [2.75, 3.05) is 19.6 Å². The third kappa shape index (κ3) is 3.76. The van der Waals surface area contributed by atoms with E-state index in [0.717, 1.165) is 0 Å². The number of nitrogens with one attached hydrogen (secondary N) is 2. The first-order valence-electron chi connectivity index (χ1n) is 6.95. The molecule has 1 heterocycles. The number of carboxylic acid groups (broad SMARTS) is 1. The molecule has 0 fully saturated rings. The monoisotopic (exact) mass is 320 g/mol. The number of H-pyrrole nitrogens is 1. The van der Waals surface area contributed by atoms with Crippen LogP contribution in [0.1, 0.15) is 17.4 Å². The van der Waals surface area contributed by atoms with Crippen molar-refractivity contribution in [2.45, 2.75) is 6.92 Å². The van der Waals surface area contributed by atoms with E-state index < -0.39 is 16.9 Å². The fourth-order valence-corrected chi connectivity index (χ4v) is 2.14. The van der Waals surface area contributed by atoms with Gasteiger partial charge in [-0.15, -0.1) is 0 Å². The van der Waals surface area contributed by atoms with E-state index in [1.165, 1.54) is 29.2 Å². The Balaban J connectivity index is 2.03. The van der Waals surface area contributed by atoms with Crippen LogP contribution < -0.4 is 5.32 Å². The van der Waals surface area contributed by atoms with Gasteiger partial charge in [0, 0.05) is 42.7 Å². The van der Waals surface area contributed by atoms with Gasteiger partial charge in [-0.1, -0.05) is 0 Å². The number of nitrogens with zero attached hydrogens (tertiary/aromatic N) is 2. The molecule has 0 radical (unpaired) electrons. The Morgan fingerprint density at radius 2 is 2.13 bits per heavy atom. The molecule has 0 atom stereocenters. The van der Waals surface area contributed by atoms with Crippen LogP contribution in [0, 0.1) is 10.1 Å². The zero-order valence-corrected chi connectivity index (χ0v) is 12.4. The van der Waals surface area contributed by atoms with Crippen LogP contribution in [0.15, 0.2) is 24.3 Å². The third-order valence-electron chi connectivity index (χ3n) is 3.38. The Morgan fingerprint density at radius 3 is 2.74 bits per heavy atom. The van der Waals surface area contributed by atoms with Crippen LogP contribution in [0.3, 0.4) is 0 Å². The lowest BCUT2D eigenvalue weighted by molar-refractivity contribution is -0.384. The number of aromatic amines is 1. The molecule has 0 bridgehead atoms. The molecule has 2 rings (SSSR count). The highest BCUT2D eigenvalue weighted by atomic mass is 16.6. The van der Waals surface area contributed by atoms with Gasteiger partial charge in [-0.25, -0.2) is 4.79 Å². The number of benzene rings is 1. The predicted octanol–water partition coefficient (Wildman–Crippen LogP) is 1.81. The summed E-state index contributed by atoms with van der Waals surface area (Å²) in [7, 11) is 0. The van der Waals surface area contributed by atoms with Gasteiger partial charge in [0.05, 0.1) is 4.92 Å². The molecule has 0 aliphatic carbocycles. The number of carbonyl (C=O) groups excluding carboxylic acids is 1. The third-order valence-corrected chi connectivity index (χ3v) is 3.38. The summed E-state index contributed by atoms with van der Waals surface area (Å²) in [6.07, 6.45) is -1.04. The molecule has 0 aliphatic heterocycles. The summed E-state index contributed by atoms with van der Waals surface area (Å²) in [6, 6.07) is 5.79. The average Bonchev–Trinajstić information content (AvgIpc) is 2.93. The highest BCUT2D eigenvalue weighted by molar-refractivity contribution is 5.98. The SMILES string of the molecule is CCN(CCNC(=O)c1cc2cc([N+](=O)[O-])ccc2[nH]1)C(=O)O. The number of non-ortho nitro benzene ring substituents is 1. The number of rotatable bonds is 6. The second-order valence-corrected chi connectivity index (χ2v) is 4.83. The Morgan fingerprint density at radius 1 is 1.39 bits per heavy atom. The van der Waals surface area contributed by atoms with E-state index in [0.29, 0.717) is 17.4 Å². The van der Waals surface area contributed by atoms with Crippen molar-refractivity contribution in [2.24, 2.45) is 0 Å². The molecular formula is C14H16N4O5. The lowest BCUT2D eigenvalue weighted by atomic mass is 10.2. The van der Waals surface area contributed by atoms with Gasteiger partial charge in [-0.3, -0.25) is 14.9 Å². The molecule has 1 aromatic carbocycles. The number of amides is 2. The quantitative estimate of drug-likeness (QED) is 0.552. The van der Waals surface area contributed by atoms with E-state index in [2.05, 4.69) is 10.3 Å². The zero-order chi connectivity index (χ0) is 17.0. The van der Waals surface area contributed by atoms with E-state index in [1.807, 2.05) is 0 Å². The van der Waals surface area contributed by atoms with Crippen LogP contribution in [-0.2, 0) is 0 Å². The number of fused-ring (bicyclic) bond motifs is 1. The van der Waals surface area contributed by atoms with Gasteiger partial charge in [0.15, 0.2) is 0 Å². The summed E-state index contributed by atoms with van der Waals surface area (Å²) < 4.78 is 0. The molecule has 0 saturated carbocycles. The molecule has 23 heavy (non-hydrogen) atoms. The van der Waals surface area contributed by atoms with E-state index in [9.17, 15) is 19.7 Å². The van der Waals surface area contributed by atoms with Crippen LogP contribution in [0.25, 0.3) is 10.9 Å². The Bertz CT molecular complexity index is 755. The zero-order valence-electron chi connectivity index (χ0n) is 12.4. The summed E-state index contributed by atoms with van der Waals surface area (Å²) in [5, 5.41) is 22.8. The van der Waals surface area contributed by atoms with Crippen LogP contribution in [0.5, 0.6) is 0 Å².